The lowest BCUT2D eigenvalue weighted by molar-refractivity contribution is 0.0760. The molecule has 144 valence electrons. The van der Waals surface area contributed by atoms with Gasteiger partial charge in [-0.05, 0) is 46.3 Å². The minimum absolute atomic E-state index is 0.0280. The number of benzene rings is 2. The van der Waals surface area contributed by atoms with Gasteiger partial charge in [0.2, 0.25) is 0 Å². The van der Waals surface area contributed by atoms with Gasteiger partial charge in [0.15, 0.2) is 11.5 Å². The maximum absolute atomic E-state index is 13.2. The summed E-state index contributed by atoms with van der Waals surface area (Å²) in [7, 11) is 3.21. The molecular weight excluding hydrogens is 378 g/mol. The quantitative estimate of drug-likeness (QED) is 0.654. The molecule has 1 unspecified atom stereocenters. The zero-order valence-corrected chi connectivity index (χ0v) is 16.3. The van der Waals surface area contributed by atoms with Crippen molar-refractivity contribution < 1.29 is 14.3 Å². The van der Waals surface area contributed by atoms with Gasteiger partial charge >= 0.3 is 0 Å². The van der Waals surface area contributed by atoms with E-state index in [4.69, 9.17) is 9.47 Å². The van der Waals surface area contributed by atoms with Crippen LogP contribution in [0.5, 0.6) is 11.5 Å². The van der Waals surface area contributed by atoms with Crippen molar-refractivity contribution in [3.05, 3.63) is 59.9 Å². The summed E-state index contributed by atoms with van der Waals surface area (Å²) in [6.45, 7) is 0.678. The molecule has 0 spiro atoms. The molecule has 1 amide bonds. The molecule has 8 nitrogen and oxygen atoms in total. The standard InChI is InChI=1S/C19H19N5O3S/c1-26-16-7-6-14(11-17(16)27-2)19-23(8-9-28-19)18(25)13-4-3-5-15(10-13)24-12-20-21-22-24/h3-7,10-12,19H,8-9H2,1-2H3. The van der Waals surface area contributed by atoms with Crippen molar-refractivity contribution in [3.63, 3.8) is 0 Å². The van der Waals surface area contributed by atoms with E-state index in [1.54, 1.807) is 32.0 Å². The van der Waals surface area contributed by atoms with Crippen LogP contribution in [0, 0.1) is 0 Å². The minimum Gasteiger partial charge on any atom is -0.493 e. The molecule has 4 rings (SSSR count). The van der Waals surface area contributed by atoms with Crippen LogP contribution in [0.4, 0.5) is 0 Å². The number of amides is 1. The van der Waals surface area contributed by atoms with E-state index in [0.29, 0.717) is 23.6 Å². The van der Waals surface area contributed by atoms with Crippen molar-refractivity contribution in [1.82, 2.24) is 25.1 Å². The van der Waals surface area contributed by atoms with Gasteiger partial charge in [-0.25, -0.2) is 4.68 Å². The zero-order chi connectivity index (χ0) is 19.5. The molecule has 1 aromatic heterocycles. The normalized spacial score (nSPS) is 16.2. The third kappa shape index (κ3) is 3.40. The fraction of sp³-hybridized carbons (Fsp3) is 0.263. The topological polar surface area (TPSA) is 82.4 Å². The summed E-state index contributed by atoms with van der Waals surface area (Å²) >= 11 is 1.73. The van der Waals surface area contributed by atoms with E-state index in [9.17, 15) is 4.79 Å². The van der Waals surface area contributed by atoms with Crippen molar-refractivity contribution in [2.75, 3.05) is 26.5 Å². The molecule has 2 aromatic carbocycles. The SMILES string of the molecule is COc1ccc(C2SCCN2C(=O)c2cccc(-n3cnnn3)c2)cc1OC. The highest BCUT2D eigenvalue weighted by molar-refractivity contribution is 7.99. The van der Waals surface area contributed by atoms with E-state index >= 15 is 0 Å². The Bertz CT molecular complexity index is 979. The second-order valence-corrected chi connectivity index (χ2v) is 7.33. The van der Waals surface area contributed by atoms with E-state index in [1.807, 2.05) is 41.3 Å². The predicted octanol–water partition coefficient (Wildman–Crippen LogP) is 2.57. The number of hydrogen-bond donors (Lipinski definition) is 0. The van der Waals surface area contributed by atoms with Crippen molar-refractivity contribution in [2.24, 2.45) is 0 Å². The molecule has 9 heteroatoms. The summed E-state index contributed by atoms with van der Waals surface area (Å²) in [5.41, 5.74) is 2.34. The molecule has 1 fully saturated rings. The van der Waals surface area contributed by atoms with Crippen molar-refractivity contribution in [1.29, 1.82) is 0 Å². The molecule has 2 heterocycles. The first-order valence-corrected chi connectivity index (χ1v) is 9.74. The van der Waals surface area contributed by atoms with Crippen molar-refractivity contribution >= 4 is 17.7 Å². The third-order valence-electron chi connectivity index (χ3n) is 4.55. The maximum atomic E-state index is 13.2. The molecule has 0 bridgehead atoms. The Balaban J connectivity index is 1.62. The van der Waals surface area contributed by atoms with Gasteiger partial charge in [-0.15, -0.1) is 16.9 Å². The molecule has 1 atom stereocenters. The first-order chi connectivity index (χ1) is 13.7. The van der Waals surface area contributed by atoms with Crippen LogP contribution in [-0.4, -0.2) is 57.5 Å². The second kappa shape index (κ2) is 7.89. The highest BCUT2D eigenvalue weighted by atomic mass is 32.2. The monoisotopic (exact) mass is 397 g/mol. The van der Waals surface area contributed by atoms with Gasteiger partial charge in [-0.1, -0.05) is 12.1 Å². The number of carbonyl (C=O) groups is 1. The van der Waals surface area contributed by atoms with Gasteiger partial charge in [0.25, 0.3) is 5.91 Å². The Labute approximate surface area is 166 Å². The largest absolute Gasteiger partial charge is 0.493 e. The maximum Gasteiger partial charge on any atom is 0.255 e. The van der Waals surface area contributed by atoms with Crippen LogP contribution in [0.15, 0.2) is 48.8 Å². The highest BCUT2D eigenvalue weighted by Gasteiger charge is 2.32. The van der Waals surface area contributed by atoms with Gasteiger partial charge < -0.3 is 14.4 Å². The fourth-order valence-corrected chi connectivity index (χ4v) is 4.43. The van der Waals surface area contributed by atoms with E-state index in [2.05, 4.69) is 15.5 Å². The van der Waals surface area contributed by atoms with E-state index in [1.165, 1.54) is 11.0 Å². The lowest BCUT2D eigenvalue weighted by Gasteiger charge is -2.25. The van der Waals surface area contributed by atoms with E-state index in [-0.39, 0.29) is 11.3 Å². The Morgan fingerprint density at radius 1 is 1.14 bits per heavy atom. The summed E-state index contributed by atoms with van der Waals surface area (Å²) in [4.78, 5) is 15.1. The second-order valence-electron chi connectivity index (χ2n) is 6.14. The van der Waals surface area contributed by atoms with Gasteiger partial charge in [0.05, 0.1) is 19.9 Å². The number of hydrogen-bond acceptors (Lipinski definition) is 7. The summed E-state index contributed by atoms with van der Waals surface area (Å²) in [6.07, 6.45) is 1.50. The Kier molecular flexibility index (Phi) is 5.16. The van der Waals surface area contributed by atoms with E-state index in [0.717, 1.165) is 17.0 Å². The number of rotatable bonds is 5. The number of aromatic nitrogens is 4. The molecule has 0 radical (unpaired) electrons. The lowest BCUT2D eigenvalue weighted by atomic mass is 10.1. The average molecular weight is 397 g/mol. The van der Waals surface area contributed by atoms with Crippen molar-refractivity contribution in [2.45, 2.75) is 5.37 Å². The van der Waals surface area contributed by atoms with E-state index < -0.39 is 0 Å². The third-order valence-corrected chi connectivity index (χ3v) is 5.81. The van der Waals surface area contributed by atoms with Gasteiger partial charge in [-0.2, -0.15) is 0 Å². The van der Waals surface area contributed by atoms with Crippen LogP contribution >= 0.6 is 11.8 Å². The average Bonchev–Trinajstić information content (AvgIpc) is 3.45. The smallest absolute Gasteiger partial charge is 0.255 e. The van der Waals surface area contributed by atoms with Crippen LogP contribution in [-0.2, 0) is 0 Å². The van der Waals surface area contributed by atoms with Crippen LogP contribution in [0.2, 0.25) is 0 Å². The summed E-state index contributed by atoms with van der Waals surface area (Å²) in [5, 5.41) is 11.1. The first kappa shape index (κ1) is 18.3. The molecule has 1 saturated heterocycles. The number of tetrazole rings is 1. The minimum atomic E-state index is -0.0796. The summed E-state index contributed by atoms with van der Waals surface area (Å²) in [6, 6.07) is 13.1. The highest BCUT2D eigenvalue weighted by Crippen LogP contribution is 2.41. The molecule has 0 aliphatic carbocycles. The number of ether oxygens (including phenoxy) is 2. The van der Waals surface area contributed by atoms with Gasteiger partial charge in [0.1, 0.15) is 11.7 Å². The van der Waals surface area contributed by atoms with Crippen LogP contribution in [0.25, 0.3) is 5.69 Å². The first-order valence-electron chi connectivity index (χ1n) is 8.69. The number of carbonyl (C=O) groups excluding carboxylic acids is 1. The number of methoxy groups -OCH3 is 2. The van der Waals surface area contributed by atoms with Crippen molar-refractivity contribution in [3.8, 4) is 17.2 Å². The molecule has 1 aliphatic heterocycles. The molecule has 3 aromatic rings. The summed E-state index contributed by atoms with van der Waals surface area (Å²) < 4.78 is 12.3. The fourth-order valence-electron chi connectivity index (χ4n) is 3.19. The molecule has 1 aliphatic rings. The predicted molar refractivity (Wildman–Crippen MR) is 105 cm³/mol. The summed E-state index contributed by atoms with van der Waals surface area (Å²) in [5.74, 6) is 2.17. The molecular formula is C19H19N5O3S. The number of nitrogens with zero attached hydrogens (tertiary/aromatic N) is 5. The Hall–Kier alpha value is -3.07. The molecule has 28 heavy (non-hydrogen) atoms. The van der Waals surface area contributed by atoms with Crippen LogP contribution < -0.4 is 9.47 Å². The lowest BCUT2D eigenvalue weighted by Crippen LogP contribution is -2.30. The molecule has 0 N–H and O–H groups in total. The van der Waals surface area contributed by atoms with Gasteiger partial charge in [-0.3, -0.25) is 4.79 Å². The number of thioether (sulfide) groups is 1. The van der Waals surface area contributed by atoms with Gasteiger partial charge in [0, 0.05) is 17.9 Å². The van der Waals surface area contributed by atoms with Crippen LogP contribution in [0.3, 0.4) is 0 Å². The van der Waals surface area contributed by atoms with Crippen LogP contribution in [0.1, 0.15) is 21.3 Å². The Morgan fingerprint density at radius 2 is 2.00 bits per heavy atom. The Morgan fingerprint density at radius 3 is 2.75 bits per heavy atom. The molecule has 0 saturated carbocycles. The zero-order valence-electron chi connectivity index (χ0n) is 15.5.